The van der Waals surface area contributed by atoms with Crippen molar-refractivity contribution >= 4 is 34.7 Å². The highest BCUT2D eigenvalue weighted by Crippen LogP contribution is 2.42. The third-order valence-corrected chi connectivity index (χ3v) is 5.42. The zero-order chi connectivity index (χ0) is 22.8. The Hall–Kier alpha value is -4.15. The molecule has 0 spiro atoms. The average molecular weight is 446 g/mol. The van der Waals surface area contributed by atoms with Crippen LogP contribution in [0, 0.1) is 11.3 Å². The number of benzene rings is 2. The molecule has 4 rings (SSSR count). The lowest BCUT2D eigenvalue weighted by molar-refractivity contribution is -0.132. The number of rotatable bonds is 4. The van der Waals surface area contributed by atoms with Crippen LogP contribution in [0.15, 0.2) is 72.4 Å². The number of halogens is 1. The molecule has 158 valence electrons. The van der Waals surface area contributed by atoms with Crippen molar-refractivity contribution < 1.29 is 19.4 Å². The van der Waals surface area contributed by atoms with Crippen molar-refractivity contribution in [2.75, 3.05) is 12.0 Å². The number of aliphatic hydroxyl groups excluding tert-OH is 1. The molecule has 1 aliphatic heterocycles. The Morgan fingerprint density at radius 2 is 1.91 bits per heavy atom. The van der Waals surface area contributed by atoms with Crippen LogP contribution in [-0.2, 0) is 9.59 Å². The third-order valence-electron chi connectivity index (χ3n) is 5.11. The molecule has 0 radical (unpaired) electrons. The maximum Gasteiger partial charge on any atom is 0.300 e. The van der Waals surface area contributed by atoms with Gasteiger partial charge in [-0.15, -0.1) is 0 Å². The largest absolute Gasteiger partial charge is 0.507 e. The maximum absolute atomic E-state index is 13.1. The van der Waals surface area contributed by atoms with E-state index in [-0.39, 0.29) is 16.9 Å². The molecule has 1 aromatic heterocycles. The van der Waals surface area contributed by atoms with Gasteiger partial charge in [0.15, 0.2) is 0 Å². The molecule has 0 bridgehead atoms. The van der Waals surface area contributed by atoms with Crippen LogP contribution in [0.25, 0.3) is 5.76 Å². The molecular weight excluding hydrogens is 430 g/mol. The number of carbonyl (C=O) groups excluding carboxylic acids is 2. The predicted octanol–water partition coefficient (Wildman–Crippen LogP) is 4.24. The molecule has 1 unspecified atom stereocenters. The maximum atomic E-state index is 13.1. The molecule has 1 fully saturated rings. The molecule has 0 aliphatic carbocycles. The number of ketones is 1. The van der Waals surface area contributed by atoms with Crippen molar-refractivity contribution in [1.29, 1.82) is 5.26 Å². The summed E-state index contributed by atoms with van der Waals surface area (Å²) in [6.07, 6.45) is 1.54. The highest BCUT2D eigenvalue weighted by atomic mass is 35.5. The number of pyridine rings is 1. The van der Waals surface area contributed by atoms with E-state index in [0.29, 0.717) is 27.7 Å². The number of ether oxygens (including phenoxy) is 1. The zero-order valence-electron chi connectivity index (χ0n) is 16.8. The van der Waals surface area contributed by atoms with Crippen molar-refractivity contribution in [2.45, 2.75) is 6.04 Å². The number of methoxy groups -OCH3 is 1. The summed E-state index contributed by atoms with van der Waals surface area (Å²) in [6, 6.07) is 17.0. The molecule has 1 atom stereocenters. The number of carbonyl (C=O) groups is 2. The molecular formula is C24H16ClN3O4. The van der Waals surface area contributed by atoms with Crippen LogP contribution >= 0.6 is 11.6 Å². The number of hydrogen-bond acceptors (Lipinski definition) is 6. The minimum atomic E-state index is -0.967. The van der Waals surface area contributed by atoms with Gasteiger partial charge in [0, 0.05) is 17.4 Å². The van der Waals surface area contributed by atoms with Crippen LogP contribution in [0.3, 0.4) is 0 Å². The fourth-order valence-corrected chi connectivity index (χ4v) is 3.77. The topological polar surface area (TPSA) is 104 Å². The first-order valence-electron chi connectivity index (χ1n) is 9.52. The van der Waals surface area contributed by atoms with Crippen molar-refractivity contribution in [3.63, 3.8) is 0 Å². The monoisotopic (exact) mass is 445 g/mol. The van der Waals surface area contributed by atoms with Crippen molar-refractivity contribution in [3.05, 3.63) is 94.3 Å². The molecule has 3 aromatic rings. The third kappa shape index (κ3) is 3.57. The van der Waals surface area contributed by atoms with Gasteiger partial charge in [-0.25, -0.2) is 0 Å². The second-order valence-corrected chi connectivity index (χ2v) is 7.34. The molecule has 2 aromatic carbocycles. The fourth-order valence-electron chi connectivity index (χ4n) is 3.58. The van der Waals surface area contributed by atoms with Crippen LogP contribution in [0.5, 0.6) is 5.75 Å². The van der Waals surface area contributed by atoms with Crippen LogP contribution in [-0.4, -0.2) is 28.9 Å². The van der Waals surface area contributed by atoms with Gasteiger partial charge in [-0.2, -0.15) is 5.26 Å². The summed E-state index contributed by atoms with van der Waals surface area (Å²) in [4.78, 5) is 31.7. The number of aromatic nitrogens is 1. The van der Waals surface area contributed by atoms with Gasteiger partial charge in [-0.3, -0.25) is 19.5 Å². The number of amides is 1. The molecule has 32 heavy (non-hydrogen) atoms. The first kappa shape index (κ1) is 21.1. The van der Waals surface area contributed by atoms with Gasteiger partial charge in [0.25, 0.3) is 11.7 Å². The molecule has 1 N–H and O–H groups in total. The SMILES string of the molecule is COc1cc(/C(O)=C2/C(=O)C(=O)N(c3ccc(C#N)cc3)C2c2ccccn2)ccc1Cl. The summed E-state index contributed by atoms with van der Waals surface area (Å²) < 4.78 is 5.20. The van der Waals surface area contributed by atoms with Crippen LogP contribution < -0.4 is 9.64 Å². The van der Waals surface area contributed by atoms with E-state index in [0.717, 1.165) is 0 Å². The fraction of sp³-hybridized carbons (Fsp3) is 0.0833. The number of nitriles is 1. The zero-order valence-corrected chi connectivity index (χ0v) is 17.6. The molecule has 1 aliphatic rings. The Morgan fingerprint density at radius 3 is 2.53 bits per heavy atom. The van der Waals surface area contributed by atoms with Gasteiger partial charge in [0.1, 0.15) is 17.6 Å². The van der Waals surface area contributed by atoms with Gasteiger partial charge >= 0.3 is 0 Å². The number of nitrogens with zero attached hydrogens (tertiary/aromatic N) is 3. The van der Waals surface area contributed by atoms with E-state index in [1.165, 1.54) is 30.2 Å². The normalized spacial score (nSPS) is 17.3. The van der Waals surface area contributed by atoms with Gasteiger partial charge in [-0.05, 0) is 54.6 Å². The second kappa shape index (κ2) is 8.53. The number of anilines is 1. The first-order valence-corrected chi connectivity index (χ1v) is 9.90. The van der Waals surface area contributed by atoms with Crippen molar-refractivity contribution in [3.8, 4) is 11.8 Å². The summed E-state index contributed by atoms with van der Waals surface area (Å²) in [7, 11) is 1.43. The van der Waals surface area contributed by atoms with E-state index < -0.39 is 17.7 Å². The Bertz CT molecular complexity index is 1280. The number of hydrogen-bond donors (Lipinski definition) is 1. The highest BCUT2D eigenvalue weighted by Gasteiger charge is 2.47. The van der Waals surface area contributed by atoms with E-state index in [1.807, 2.05) is 6.07 Å². The Balaban J connectivity index is 1.93. The van der Waals surface area contributed by atoms with E-state index in [9.17, 15) is 14.7 Å². The van der Waals surface area contributed by atoms with Gasteiger partial charge in [-0.1, -0.05) is 17.7 Å². The summed E-state index contributed by atoms with van der Waals surface area (Å²) in [5.74, 6) is -1.72. The van der Waals surface area contributed by atoms with Crippen molar-refractivity contribution in [2.24, 2.45) is 0 Å². The van der Waals surface area contributed by atoms with E-state index in [2.05, 4.69) is 4.98 Å². The lowest BCUT2D eigenvalue weighted by Gasteiger charge is -2.24. The minimum absolute atomic E-state index is 0.109. The molecule has 1 amide bonds. The predicted molar refractivity (Wildman–Crippen MR) is 118 cm³/mol. The molecule has 0 saturated carbocycles. The van der Waals surface area contributed by atoms with Crippen molar-refractivity contribution in [1.82, 2.24) is 4.98 Å². The van der Waals surface area contributed by atoms with Crippen LogP contribution in [0.4, 0.5) is 5.69 Å². The molecule has 1 saturated heterocycles. The van der Waals surface area contributed by atoms with E-state index in [1.54, 1.807) is 48.7 Å². The smallest absolute Gasteiger partial charge is 0.300 e. The summed E-state index contributed by atoms with van der Waals surface area (Å²) in [5, 5.41) is 20.5. The first-order chi connectivity index (χ1) is 15.5. The van der Waals surface area contributed by atoms with E-state index >= 15 is 0 Å². The average Bonchev–Trinajstić information content (AvgIpc) is 3.10. The van der Waals surface area contributed by atoms with Crippen LogP contribution in [0.2, 0.25) is 5.02 Å². The lowest BCUT2D eigenvalue weighted by atomic mass is 9.98. The van der Waals surface area contributed by atoms with Crippen LogP contribution in [0.1, 0.15) is 22.9 Å². The van der Waals surface area contributed by atoms with E-state index in [4.69, 9.17) is 21.6 Å². The van der Waals surface area contributed by atoms with Gasteiger partial charge in [0.2, 0.25) is 0 Å². The quantitative estimate of drug-likeness (QED) is 0.366. The summed E-state index contributed by atoms with van der Waals surface area (Å²) >= 11 is 6.08. The Morgan fingerprint density at radius 1 is 1.16 bits per heavy atom. The molecule has 8 heteroatoms. The van der Waals surface area contributed by atoms with Gasteiger partial charge < -0.3 is 9.84 Å². The lowest BCUT2D eigenvalue weighted by Crippen LogP contribution is -2.29. The number of aliphatic hydroxyl groups is 1. The highest BCUT2D eigenvalue weighted by molar-refractivity contribution is 6.51. The number of Topliss-reactive ketones (excluding diaryl/α,β-unsaturated/α-hetero) is 1. The molecule has 2 heterocycles. The molecule has 7 nitrogen and oxygen atoms in total. The van der Waals surface area contributed by atoms with Gasteiger partial charge in [0.05, 0.1) is 35.0 Å². The summed E-state index contributed by atoms with van der Waals surface area (Å²) in [5.41, 5.74) is 1.37. The summed E-state index contributed by atoms with van der Waals surface area (Å²) in [6.45, 7) is 0. The standard InChI is InChI=1S/C24H16ClN3O4/c1-32-19-12-15(7-10-17(19)25)22(29)20-21(18-4-2-3-11-27-18)28(24(31)23(20)30)16-8-5-14(13-26)6-9-16/h2-12,21,29H,1H3/b22-20-. The second-order valence-electron chi connectivity index (χ2n) is 6.93. The Labute approximate surface area is 188 Å². The Kier molecular flexibility index (Phi) is 5.63. The minimum Gasteiger partial charge on any atom is -0.507 e.